The van der Waals surface area contributed by atoms with E-state index in [1.807, 2.05) is 32.2 Å². The van der Waals surface area contributed by atoms with Crippen LogP contribution in [0.4, 0.5) is 0 Å². The smallest absolute Gasteiger partial charge is 0.179 e. The lowest BCUT2D eigenvalue weighted by Gasteiger charge is -2.01. The average Bonchev–Trinajstić information content (AvgIpc) is 2.53. The van der Waals surface area contributed by atoms with E-state index < -0.39 is 0 Å². The van der Waals surface area contributed by atoms with Crippen LogP contribution in [0.1, 0.15) is 16.1 Å². The highest BCUT2D eigenvalue weighted by Crippen LogP contribution is 2.30. The number of nitrogens with one attached hydrogen (secondary N) is 1. The molecule has 3 nitrogen and oxygen atoms in total. The number of Topliss-reactive ketones (excluding diaryl/α,β-unsaturated/α-hetero) is 1. The molecule has 90 valence electrons. The van der Waals surface area contributed by atoms with E-state index in [1.54, 1.807) is 7.05 Å². The van der Waals surface area contributed by atoms with Crippen LogP contribution in [0, 0.1) is 6.92 Å². The number of hydrogen-bond donors (Lipinski definition) is 1. The quantitative estimate of drug-likeness (QED) is 0.883. The third-order valence-electron chi connectivity index (χ3n) is 3.07. The summed E-state index contributed by atoms with van der Waals surface area (Å²) in [5.41, 5.74) is 2.90. The van der Waals surface area contributed by atoms with Crippen molar-refractivity contribution in [1.29, 1.82) is 0 Å². The van der Waals surface area contributed by atoms with Gasteiger partial charge in [0, 0.05) is 28.2 Å². The number of likely N-dealkylation sites (N-methyl/N-ethyl adjacent to an activating group) is 1. The molecule has 0 unspecified atom stereocenters. The van der Waals surface area contributed by atoms with Crippen molar-refractivity contribution < 1.29 is 4.79 Å². The fourth-order valence-electron chi connectivity index (χ4n) is 2.19. The van der Waals surface area contributed by atoms with Crippen LogP contribution in [0.5, 0.6) is 0 Å². The number of halogens is 1. The topological polar surface area (TPSA) is 34.0 Å². The van der Waals surface area contributed by atoms with Gasteiger partial charge in [-0.2, -0.15) is 0 Å². The van der Waals surface area contributed by atoms with Crippen molar-refractivity contribution in [2.24, 2.45) is 7.05 Å². The Bertz CT molecular complexity index is 587. The number of carbonyl (C=O) groups is 1. The van der Waals surface area contributed by atoms with Gasteiger partial charge >= 0.3 is 0 Å². The predicted molar refractivity (Wildman–Crippen MR) is 73.6 cm³/mol. The van der Waals surface area contributed by atoms with E-state index in [0.717, 1.165) is 26.6 Å². The van der Waals surface area contributed by atoms with Gasteiger partial charge in [-0.1, -0.05) is 12.1 Å². The summed E-state index contributed by atoms with van der Waals surface area (Å²) in [6.45, 7) is 2.35. The van der Waals surface area contributed by atoms with Crippen LogP contribution in [0.25, 0.3) is 10.9 Å². The number of aromatic nitrogens is 1. The molecule has 0 saturated heterocycles. The minimum absolute atomic E-state index is 0.133. The first-order valence-corrected chi connectivity index (χ1v) is 6.28. The third kappa shape index (κ3) is 1.91. The molecule has 0 atom stereocenters. The number of para-hydroxylation sites is 1. The largest absolute Gasteiger partial charge is 0.346 e. The molecule has 0 aliphatic rings. The van der Waals surface area contributed by atoms with E-state index in [-0.39, 0.29) is 5.78 Å². The maximum atomic E-state index is 12.1. The molecule has 2 rings (SSSR count). The van der Waals surface area contributed by atoms with Crippen molar-refractivity contribution in [3.63, 3.8) is 0 Å². The number of benzene rings is 1. The zero-order valence-electron chi connectivity index (χ0n) is 10.2. The highest BCUT2D eigenvalue weighted by atomic mass is 79.9. The average molecular weight is 295 g/mol. The molecule has 0 radical (unpaired) electrons. The summed E-state index contributed by atoms with van der Waals surface area (Å²) in [6.07, 6.45) is 0. The summed E-state index contributed by atoms with van der Waals surface area (Å²) in [5, 5.41) is 3.92. The molecule has 17 heavy (non-hydrogen) atoms. The Morgan fingerprint density at radius 1 is 1.47 bits per heavy atom. The Hall–Kier alpha value is -1.13. The highest BCUT2D eigenvalue weighted by Gasteiger charge is 2.18. The second-order valence-corrected chi connectivity index (χ2v) is 4.96. The van der Waals surface area contributed by atoms with Gasteiger partial charge in [0.2, 0.25) is 0 Å². The fraction of sp³-hybridized carbons (Fsp3) is 0.308. The molecule has 0 fully saturated rings. The second-order valence-electron chi connectivity index (χ2n) is 4.11. The normalized spacial score (nSPS) is 11.1. The number of ketones is 1. The van der Waals surface area contributed by atoms with Crippen LogP contribution in [-0.2, 0) is 7.05 Å². The SMILES string of the molecule is CNCC(=O)c1c(C)n(C)c2c(Br)cccc12. The van der Waals surface area contributed by atoms with E-state index in [0.29, 0.717) is 6.54 Å². The molecular formula is C13H15BrN2O. The monoisotopic (exact) mass is 294 g/mol. The maximum absolute atomic E-state index is 12.1. The molecule has 0 aliphatic carbocycles. The van der Waals surface area contributed by atoms with E-state index in [9.17, 15) is 4.79 Å². The third-order valence-corrected chi connectivity index (χ3v) is 3.71. The van der Waals surface area contributed by atoms with Gasteiger partial charge in [0.05, 0.1) is 12.1 Å². The number of nitrogens with zero attached hydrogens (tertiary/aromatic N) is 1. The van der Waals surface area contributed by atoms with Crippen LogP contribution in [0.15, 0.2) is 22.7 Å². The number of fused-ring (bicyclic) bond motifs is 1. The first-order valence-electron chi connectivity index (χ1n) is 5.49. The first-order chi connectivity index (χ1) is 8.07. The molecule has 1 N–H and O–H groups in total. The van der Waals surface area contributed by atoms with Gasteiger partial charge in [-0.25, -0.2) is 0 Å². The van der Waals surface area contributed by atoms with Crippen molar-refractivity contribution >= 4 is 32.6 Å². The summed E-state index contributed by atoms with van der Waals surface area (Å²) in [5.74, 6) is 0.133. The summed E-state index contributed by atoms with van der Waals surface area (Å²) in [4.78, 5) is 12.1. The van der Waals surface area contributed by atoms with Crippen LogP contribution in [0.3, 0.4) is 0 Å². The molecule has 0 spiro atoms. The zero-order valence-corrected chi connectivity index (χ0v) is 11.8. The summed E-state index contributed by atoms with van der Waals surface area (Å²) in [6, 6.07) is 5.95. The molecule has 1 aromatic heterocycles. The molecule has 4 heteroatoms. The van der Waals surface area contributed by atoms with Crippen molar-refractivity contribution in [2.75, 3.05) is 13.6 Å². The van der Waals surface area contributed by atoms with Crippen molar-refractivity contribution in [2.45, 2.75) is 6.92 Å². The molecule has 0 amide bonds. The van der Waals surface area contributed by atoms with Gasteiger partial charge < -0.3 is 9.88 Å². The lowest BCUT2D eigenvalue weighted by Crippen LogP contribution is -2.19. The van der Waals surface area contributed by atoms with E-state index in [1.165, 1.54) is 0 Å². The number of carbonyl (C=O) groups excluding carboxylic acids is 1. The molecule has 0 bridgehead atoms. The lowest BCUT2D eigenvalue weighted by atomic mass is 10.1. The van der Waals surface area contributed by atoms with Crippen LogP contribution in [0.2, 0.25) is 0 Å². The number of aryl methyl sites for hydroxylation is 1. The van der Waals surface area contributed by atoms with Gasteiger partial charge in [-0.15, -0.1) is 0 Å². The standard InChI is InChI=1S/C13H15BrN2O/c1-8-12(11(17)7-15-2)9-5-4-6-10(14)13(9)16(8)3/h4-6,15H,7H2,1-3H3. The number of rotatable bonds is 3. The van der Waals surface area contributed by atoms with E-state index in [4.69, 9.17) is 0 Å². The molecule has 0 aliphatic heterocycles. The highest BCUT2D eigenvalue weighted by molar-refractivity contribution is 9.10. The van der Waals surface area contributed by atoms with Gasteiger partial charge in [-0.3, -0.25) is 4.79 Å². The van der Waals surface area contributed by atoms with Crippen LogP contribution >= 0.6 is 15.9 Å². The fourth-order valence-corrected chi connectivity index (χ4v) is 2.82. The Balaban J connectivity index is 2.76. The second kappa shape index (κ2) is 4.63. The minimum atomic E-state index is 0.133. The Morgan fingerprint density at radius 2 is 2.18 bits per heavy atom. The predicted octanol–water partition coefficient (Wildman–Crippen LogP) is 2.65. The van der Waals surface area contributed by atoms with E-state index in [2.05, 4.69) is 25.8 Å². The summed E-state index contributed by atoms with van der Waals surface area (Å²) in [7, 11) is 3.77. The van der Waals surface area contributed by atoms with E-state index >= 15 is 0 Å². The summed E-state index contributed by atoms with van der Waals surface area (Å²) >= 11 is 3.54. The molecule has 2 aromatic rings. The van der Waals surface area contributed by atoms with Crippen molar-refractivity contribution in [3.8, 4) is 0 Å². The van der Waals surface area contributed by atoms with Crippen molar-refractivity contribution in [3.05, 3.63) is 33.9 Å². The minimum Gasteiger partial charge on any atom is -0.346 e. The lowest BCUT2D eigenvalue weighted by molar-refractivity contribution is 0.0994. The number of hydrogen-bond acceptors (Lipinski definition) is 2. The van der Waals surface area contributed by atoms with Crippen molar-refractivity contribution in [1.82, 2.24) is 9.88 Å². The molecular weight excluding hydrogens is 280 g/mol. The molecule has 1 heterocycles. The Kier molecular flexibility index (Phi) is 3.35. The molecule has 0 saturated carbocycles. The van der Waals surface area contributed by atoms with Crippen LogP contribution < -0.4 is 5.32 Å². The van der Waals surface area contributed by atoms with Gasteiger partial charge in [0.15, 0.2) is 5.78 Å². The zero-order chi connectivity index (χ0) is 12.6. The summed E-state index contributed by atoms with van der Waals surface area (Å²) < 4.78 is 3.08. The maximum Gasteiger partial charge on any atom is 0.179 e. The Morgan fingerprint density at radius 3 is 2.82 bits per heavy atom. The molecule has 1 aromatic carbocycles. The van der Waals surface area contributed by atoms with Gasteiger partial charge in [0.25, 0.3) is 0 Å². The first kappa shape index (κ1) is 12.3. The van der Waals surface area contributed by atoms with Gasteiger partial charge in [0.1, 0.15) is 0 Å². The van der Waals surface area contributed by atoms with Crippen LogP contribution in [-0.4, -0.2) is 23.9 Å². The van der Waals surface area contributed by atoms with Gasteiger partial charge in [-0.05, 0) is 36.0 Å². The Labute approximate surface area is 109 Å².